The molecule has 0 aliphatic rings. The topological polar surface area (TPSA) is 84.5 Å². The molecular formula is C23H23ClN2O4S. The molecule has 162 valence electrons. The number of carbonyl (C=O) groups excluding carboxylic acids is 1. The third-order valence-electron chi connectivity index (χ3n) is 4.53. The molecule has 3 rings (SSSR count). The summed E-state index contributed by atoms with van der Waals surface area (Å²) in [6.07, 6.45) is 0. The van der Waals surface area contributed by atoms with Crippen molar-refractivity contribution in [3.63, 3.8) is 0 Å². The number of halogens is 1. The van der Waals surface area contributed by atoms with Crippen LogP contribution < -0.4 is 14.8 Å². The molecule has 0 aliphatic carbocycles. The number of anilines is 1. The van der Waals surface area contributed by atoms with Crippen molar-refractivity contribution < 1.29 is 17.9 Å². The van der Waals surface area contributed by atoms with Crippen LogP contribution in [0.2, 0.25) is 5.02 Å². The molecular weight excluding hydrogens is 436 g/mol. The molecule has 2 N–H and O–H groups in total. The number of hydrogen-bond acceptors (Lipinski definition) is 4. The fraction of sp³-hybridized carbons (Fsp3) is 0.174. The van der Waals surface area contributed by atoms with E-state index in [1.165, 1.54) is 18.2 Å². The van der Waals surface area contributed by atoms with E-state index in [1.807, 2.05) is 38.1 Å². The Bertz CT molecular complexity index is 1180. The largest absolute Gasteiger partial charge is 0.491 e. The van der Waals surface area contributed by atoms with Gasteiger partial charge in [-0.1, -0.05) is 47.5 Å². The van der Waals surface area contributed by atoms with Crippen LogP contribution in [0, 0.1) is 13.8 Å². The predicted octanol–water partition coefficient (Wildman–Crippen LogP) is 4.57. The van der Waals surface area contributed by atoms with E-state index in [4.69, 9.17) is 16.3 Å². The Morgan fingerprint density at radius 2 is 1.71 bits per heavy atom. The van der Waals surface area contributed by atoms with Gasteiger partial charge in [-0.3, -0.25) is 9.52 Å². The molecule has 0 radical (unpaired) electrons. The van der Waals surface area contributed by atoms with Crippen molar-refractivity contribution >= 4 is 33.2 Å². The first kappa shape index (κ1) is 22.7. The van der Waals surface area contributed by atoms with Crippen molar-refractivity contribution in [1.29, 1.82) is 0 Å². The summed E-state index contributed by atoms with van der Waals surface area (Å²) in [5, 5.41) is 2.75. The number of benzene rings is 3. The summed E-state index contributed by atoms with van der Waals surface area (Å²) in [5.41, 5.74) is 2.60. The second-order valence-electron chi connectivity index (χ2n) is 6.99. The fourth-order valence-corrected chi connectivity index (χ4v) is 4.41. The molecule has 3 aromatic carbocycles. The lowest BCUT2D eigenvalue weighted by Crippen LogP contribution is -2.28. The minimum absolute atomic E-state index is 0.0269. The van der Waals surface area contributed by atoms with Gasteiger partial charge in [0.2, 0.25) is 0 Å². The Labute approximate surface area is 187 Å². The van der Waals surface area contributed by atoms with Gasteiger partial charge in [0.25, 0.3) is 15.9 Å². The Morgan fingerprint density at radius 1 is 1.00 bits per heavy atom. The van der Waals surface area contributed by atoms with E-state index < -0.39 is 15.9 Å². The maximum Gasteiger partial charge on any atom is 0.263 e. The van der Waals surface area contributed by atoms with Crippen LogP contribution in [0.5, 0.6) is 5.75 Å². The normalized spacial score (nSPS) is 11.1. The summed E-state index contributed by atoms with van der Waals surface area (Å²) in [5.74, 6) is 0.329. The van der Waals surface area contributed by atoms with Crippen molar-refractivity contribution in [2.45, 2.75) is 18.7 Å². The zero-order valence-corrected chi connectivity index (χ0v) is 18.8. The Balaban J connectivity index is 1.66. The molecule has 0 spiro atoms. The summed E-state index contributed by atoms with van der Waals surface area (Å²) in [6, 6.07) is 18.6. The van der Waals surface area contributed by atoms with Crippen LogP contribution in [0.1, 0.15) is 21.5 Å². The summed E-state index contributed by atoms with van der Waals surface area (Å²) < 4.78 is 33.7. The number of sulfonamides is 1. The van der Waals surface area contributed by atoms with Gasteiger partial charge >= 0.3 is 0 Å². The first-order chi connectivity index (χ1) is 14.8. The van der Waals surface area contributed by atoms with E-state index in [1.54, 1.807) is 24.3 Å². The van der Waals surface area contributed by atoms with Crippen molar-refractivity contribution in [3.8, 4) is 5.75 Å². The summed E-state index contributed by atoms with van der Waals surface area (Å²) in [7, 11) is -3.97. The molecule has 6 nitrogen and oxygen atoms in total. The minimum Gasteiger partial charge on any atom is -0.491 e. The third-order valence-corrected chi connectivity index (χ3v) is 6.39. The summed E-state index contributed by atoms with van der Waals surface area (Å²) >= 11 is 6.12. The van der Waals surface area contributed by atoms with E-state index in [2.05, 4.69) is 10.0 Å². The summed E-state index contributed by atoms with van der Waals surface area (Å²) in [6.45, 7) is 4.39. The van der Waals surface area contributed by atoms with Gasteiger partial charge in [0, 0.05) is 11.3 Å². The molecule has 0 atom stereocenters. The number of ether oxygens (including phenoxy) is 1. The Hall–Kier alpha value is -3.03. The van der Waals surface area contributed by atoms with Crippen LogP contribution in [0.15, 0.2) is 71.6 Å². The van der Waals surface area contributed by atoms with Gasteiger partial charge in [0.1, 0.15) is 17.3 Å². The molecule has 0 heterocycles. The van der Waals surface area contributed by atoms with Crippen molar-refractivity contribution in [2.75, 3.05) is 17.9 Å². The van der Waals surface area contributed by atoms with Crippen LogP contribution in [0.3, 0.4) is 0 Å². The predicted molar refractivity (Wildman–Crippen MR) is 122 cm³/mol. The average molecular weight is 459 g/mol. The van der Waals surface area contributed by atoms with Crippen molar-refractivity contribution in [1.82, 2.24) is 5.32 Å². The highest BCUT2D eigenvalue weighted by Crippen LogP contribution is 2.25. The lowest BCUT2D eigenvalue weighted by molar-refractivity contribution is 0.0946. The molecule has 0 fully saturated rings. The number of rotatable bonds is 8. The van der Waals surface area contributed by atoms with Gasteiger partial charge < -0.3 is 10.1 Å². The van der Waals surface area contributed by atoms with Gasteiger partial charge in [-0.05, 0) is 55.8 Å². The minimum atomic E-state index is -3.97. The van der Waals surface area contributed by atoms with Gasteiger partial charge in [0.15, 0.2) is 0 Å². The van der Waals surface area contributed by atoms with Gasteiger partial charge in [-0.2, -0.15) is 0 Å². The van der Waals surface area contributed by atoms with E-state index in [9.17, 15) is 13.2 Å². The maximum absolute atomic E-state index is 12.8. The smallest absolute Gasteiger partial charge is 0.263 e. The number of para-hydroxylation sites is 1. The van der Waals surface area contributed by atoms with Crippen LogP contribution in [-0.2, 0) is 10.0 Å². The highest BCUT2D eigenvalue weighted by molar-refractivity contribution is 7.92. The number of carbonyl (C=O) groups is 1. The standard InChI is InChI=1S/C23H23ClN2O4S/c1-16-7-10-19(11-8-16)26-31(28,29)22-15-18(9-12-20(22)24)23(27)25-13-14-30-21-6-4-3-5-17(21)2/h3-12,15,26H,13-14H2,1-2H3,(H,25,27). The molecule has 1 amide bonds. The molecule has 31 heavy (non-hydrogen) atoms. The van der Waals surface area contributed by atoms with E-state index in [-0.39, 0.29) is 28.6 Å². The molecule has 0 bridgehead atoms. The fourth-order valence-electron chi connectivity index (χ4n) is 2.83. The van der Waals surface area contributed by atoms with Crippen molar-refractivity contribution in [2.24, 2.45) is 0 Å². The molecule has 0 unspecified atom stereocenters. The van der Waals surface area contributed by atoms with E-state index >= 15 is 0 Å². The molecule has 0 aromatic heterocycles. The first-order valence-electron chi connectivity index (χ1n) is 9.62. The quantitative estimate of drug-likeness (QED) is 0.484. The second-order valence-corrected chi connectivity index (χ2v) is 9.04. The highest BCUT2D eigenvalue weighted by Gasteiger charge is 2.20. The molecule has 3 aromatic rings. The molecule has 0 saturated heterocycles. The monoisotopic (exact) mass is 458 g/mol. The summed E-state index contributed by atoms with van der Waals surface area (Å²) in [4.78, 5) is 12.3. The Kier molecular flexibility index (Phi) is 7.20. The van der Waals surface area contributed by atoms with Gasteiger partial charge in [-0.15, -0.1) is 0 Å². The maximum atomic E-state index is 12.8. The van der Waals surface area contributed by atoms with E-state index in [0.29, 0.717) is 5.69 Å². The second kappa shape index (κ2) is 9.85. The third kappa shape index (κ3) is 5.99. The van der Waals surface area contributed by atoms with E-state index in [0.717, 1.165) is 16.9 Å². The SMILES string of the molecule is Cc1ccc(NS(=O)(=O)c2cc(C(=O)NCCOc3ccccc3C)ccc2Cl)cc1. The number of hydrogen-bond donors (Lipinski definition) is 2. The van der Waals surface area contributed by atoms with Crippen LogP contribution in [-0.4, -0.2) is 27.5 Å². The zero-order chi connectivity index (χ0) is 22.4. The van der Waals surface area contributed by atoms with Crippen LogP contribution in [0.25, 0.3) is 0 Å². The number of nitrogens with one attached hydrogen (secondary N) is 2. The lowest BCUT2D eigenvalue weighted by Gasteiger charge is -2.12. The van der Waals surface area contributed by atoms with Gasteiger partial charge in [0.05, 0.1) is 11.6 Å². The van der Waals surface area contributed by atoms with Gasteiger partial charge in [-0.25, -0.2) is 8.42 Å². The van der Waals surface area contributed by atoms with Crippen LogP contribution in [0.4, 0.5) is 5.69 Å². The molecule has 0 aliphatic heterocycles. The molecule has 8 heteroatoms. The Morgan fingerprint density at radius 3 is 2.42 bits per heavy atom. The lowest BCUT2D eigenvalue weighted by atomic mass is 10.2. The average Bonchev–Trinajstić information content (AvgIpc) is 2.74. The molecule has 0 saturated carbocycles. The zero-order valence-electron chi connectivity index (χ0n) is 17.2. The van der Waals surface area contributed by atoms with Crippen LogP contribution >= 0.6 is 11.6 Å². The highest BCUT2D eigenvalue weighted by atomic mass is 35.5. The number of amides is 1. The first-order valence-corrected chi connectivity index (χ1v) is 11.5. The van der Waals surface area contributed by atoms with Crippen molar-refractivity contribution in [3.05, 3.63) is 88.4 Å². The number of aryl methyl sites for hydroxylation is 2.